The van der Waals surface area contributed by atoms with Crippen molar-refractivity contribution in [2.24, 2.45) is 0 Å². The van der Waals surface area contributed by atoms with Gasteiger partial charge >= 0.3 is 0 Å². The van der Waals surface area contributed by atoms with Gasteiger partial charge in [0, 0.05) is 18.6 Å². The van der Waals surface area contributed by atoms with Gasteiger partial charge in [0.2, 0.25) is 0 Å². The third kappa shape index (κ3) is 1.22. The highest BCUT2D eigenvalue weighted by molar-refractivity contribution is 5.74. The Kier molecular flexibility index (Phi) is 1.62. The number of nitrogens with zero attached hydrogens (tertiary/aromatic N) is 3. The lowest BCUT2D eigenvalue weighted by Gasteiger charge is -2.02. The molecule has 0 N–H and O–H groups in total. The van der Waals surface area contributed by atoms with Crippen molar-refractivity contribution in [3.8, 4) is 11.3 Å². The minimum Gasteiger partial charge on any atom is -0.443 e. The molecular weight excluding hydrogens is 190 g/mol. The van der Waals surface area contributed by atoms with Crippen molar-refractivity contribution in [3.63, 3.8) is 0 Å². The summed E-state index contributed by atoms with van der Waals surface area (Å²) in [6, 6.07) is 2.04. The molecule has 0 bridgehead atoms. The van der Waals surface area contributed by atoms with Crippen LogP contribution in [0.3, 0.4) is 0 Å². The van der Waals surface area contributed by atoms with E-state index in [1.54, 1.807) is 12.4 Å². The molecule has 3 aromatic heterocycles. The van der Waals surface area contributed by atoms with Crippen LogP contribution in [0.2, 0.25) is 0 Å². The normalized spacial score (nSPS) is 11.0. The Labute approximate surface area is 86.2 Å². The summed E-state index contributed by atoms with van der Waals surface area (Å²) in [6.45, 7) is 2.04. The first-order chi connectivity index (χ1) is 7.34. The van der Waals surface area contributed by atoms with Gasteiger partial charge in [0.15, 0.2) is 12.2 Å². The van der Waals surface area contributed by atoms with E-state index < -0.39 is 0 Å². The van der Waals surface area contributed by atoms with Crippen LogP contribution in [0.5, 0.6) is 0 Å². The number of pyridine rings is 1. The molecule has 0 spiro atoms. The topological polar surface area (TPSA) is 43.3 Å². The molecule has 0 radical (unpaired) electrons. The number of aryl methyl sites for hydroxylation is 1. The molecule has 3 heterocycles. The SMILES string of the molecule is Cc1cc(-c2cnco2)c2nccn2c1. The zero-order chi connectivity index (χ0) is 10.3. The predicted octanol–water partition coefficient (Wildman–Crippen LogP) is 2.30. The minimum atomic E-state index is 0.745. The number of hydrogen-bond donors (Lipinski definition) is 0. The second-order valence-corrected chi connectivity index (χ2v) is 3.45. The molecule has 15 heavy (non-hydrogen) atoms. The Balaban J connectivity index is 2.38. The van der Waals surface area contributed by atoms with Gasteiger partial charge in [-0.3, -0.25) is 0 Å². The van der Waals surface area contributed by atoms with Crippen molar-refractivity contribution in [1.29, 1.82) is 0 Å². The molecule has 0 atom stereocenters. The molecule has 0 aliphatic rings. The molecule has 3 rings (SSSR count). The van der Waals surface area contributed by atoms with Crippen LogP contribution in [0.15, 0.2) is 41.7 Å². The molecule has 74 valence electrons. The van der Waals surface area contributed by atoms with Gasteiger partial charge in [-0.1, -0.05) is 0 Å². The summed E-state index contributed by atoms with van der Waals surface area (Å²) in [7, 11) is 0. The highest BCUT2D eigenvalue weighted by Gasteiger charge is 2.08. The minimum absolute atomic E-state index is 0.745. The van der Waals surface area contributed by atoms with Crippen molar-refractivity contribution in [2.45, 2.75) is 6.92 Å². The highest BCUT2D eigenvalue weighted by atomic mass is 16.3. The van der Waals surface area contributed by atoms with Crippen LogP contribution in [-0.4, -0.2) is 14.4 Å². The first kappa shape index (κ1) is 8.23. The zero-order valence-electron chi connectivity index (χ0n) is 8.21. The van der Waals surface area contributed by atoms with E-state index in [1.807, 2.05) is 29.8 Å². The van der Waals surface area contributed by atoms with Gasteiger partial charge in [-0.2, -0.15) is 0 Å². The molecule has 0 fully saturated rings. The van der Waals surface area contributed by atoms with E-state index in [1.165, 1.54) is 6.39 Å². The maximum Gasteiger partial charge on any atom is 0.181 e. The van der Waals surface area contributed by atoms with E-state index in [9.17, 15) is 0 Å². The Bertz CT molecular complexity index is 595. The van der Waals surface area contributed by atoms with Crippen molar-refractivity contribution >= 4 is 5.65 Å². The van der Waals surface area contributed by atoms with E-state index >= 15 is 0 Å². The monoisotopic (exact) mass is 199 g/mol. The number of oxazole rings is 1. The summed E-state index contributed by atoms with van der Waals surface area (Å²) < 4.78 is 7.27. The van der Waals surface area contributed by atoms with Gasteiger partial charge in [-0.15, -0.1) is 0 Å². The fourth-order valence-corrected chi connectivity index (χ4v) is 1.70. The van der Waals surface area contributed by atoms with E-state index in [4.69, 9.17) is 4.42 Å². The van der Waals surface area contributed by atoms with Crippen molar-refractivity contribution < 1.29 is 4.42 Å². The van der Waals surface area contributed by atoms with Crippen molar-refractivity contribution in [2.75, 3.05) is 0 Å². The molecule has 0 saturated carbocycles. The number of fused-ring (bicyclic) bond motifs is 1. The largest absolute Gasteiger partial charge is 0.443 e. The molecule has 0 saturated heterocycles. The molecule has 0 aliphatic heterocycles. The Hall–Kier alpha value is -2.10. The predicted molar refractivity (Wildman–Crippen MR) is 55.4 cm³/mol. The molecule has 4 heteroatoms. The second-order valence-electron chi connectivity index (χ2n) is 3.45. The van der Waals surface area contributed by atoms with Gasteiger partial charge in [0.25, 0.3) is 0 Å². The maximum atomic E-state index is 5.29. The fraction of sp³-hybridized carbons (Fsp3) is 0.0909. The molecule has 4 nitrogen and oxygen atoms in total. The van der Waals surface area contributed by atoms with Gasteiger partial charge in [-0.25, -0.2) is 9.97 Å². The maximum absolute atomic E-state index is 5.29. The van der Waals surface area contributed by atoms with E-state index in [0.29, 0.717) is 0 Å². The van der Waals surface area contributed by atoms with Crippen LogP contribution in [0.1, 0.15) is 5.56 Å². The third-order valence-corrected chi connectivity index (χ3v) is 2.32. The molecule has 0 aliphatic carbocycles. The summed E-state index contributed by atoms with van der Waals surface area (Å²) in [4.78, 5) is 8.21. The lowest BCUT2D eigenvalue weighted by Crippen LogP contribution is -1.89. The van der Waals surface area contributed by atoms with E-state index in [2.05, 4.69) is 9.97 Å². The molecule has 3 aromatic rings. The van der Waals surface area contributed by atoms with Crippen LogP contribution in [0.25, 0.3) is 17.0 Å². The molecule has 0 amide bonds. The molecular formula is C11H9N3O. The summed E-state index contributed by atoms with van der Waals surface area (Å²) in [5, 5.41) is 0. The second kappa shape index (κ2) is 2.95. The number of hydrogen-bond acceptors (Lipinski definition) is 3. The van der Waals surface area contributed by atoms with Crippen LogP contribution in [-0.2, 0) is 0 Å². The van der Waals surface area contributed by atoms with Gasteiger partial charge in [0.05, 0.1) is 11.8 Å². The molecule has 0 aromatic carbocycles. The van der Waals surface area contributed by atoms with Gasteiger partial charge in [-0.05, 0) is 18.6 Å². The fourth-order valence-electron chi connectivity index (χ4n) is 1.70. The number of aromatic nitrogens is 3. The van der Waals surface area contributed by atoms with Crippen LogP contribution in [0.4, 0.5) is 0 Å². The smallest absolute Gasteiger partial charge is 0.181 e. The number of rotatable bonds is 1. The average Bonchev–Trinajstić information content (AvgIpc) is 2.86. The summed E-state index contributed by atoms with van der Waals surface area (Å²) >= 11 is 0. The van der Waals surface area contributed by atoms with Gasteiger partial charge < -0.3 is 8.82 Å². The first-order valence-electron chi connectivity index (χ1n) is 4.67. The van der Waals surface area contributed by atoms with E-state index in [-0.39, 0.29) is 0 Å². The highest BCUT2D eigenvalue weighted by Crippen LogP contribution is 2.24. The average molecular weight is 199 g/mol. The van der Waals surface area contributed by atoms with Crippen molar-refractivity contribution in [3.05, 3.63) is 42.8 Å². The molecule has 0 unspecified atom stereocenters. The lowest BCUT2D eigenvalue weighted by molar-refractivity contribution is 0.572. The van der Waals surface area contributed by atoms with E-state index in [0.717, 1.165) is 22.5 Å². The van der Waals surface area contributed by atoms with Crippen molar-refractivity contribution in [1.82, 2.24) is 14.4 Å². The summed E-state index contributed by atoms with van der Waals surface area (Å²) in [6.07, 6.45) is 8.85. The Morgan fingerprint density at radius 3 is 3.13 bits per heavy atom. The lowest BCUT2D eigenvalue weighted by atomic mass is 10.2. The quantitative estimate of drug-likeness (QED) is 0.604. The Morgan fingerprint density at radius 1 is 1.40 bits per heavy atom. The van der Waals surface area contributed by atoms with Crippen LogP contribution in [0, 0.1) is 6.92 Å². The summed E-state index contributed by atoms with van der Waals surface area (Å²) in [5.74, 6) is 0.745. The van der Waals surface area contributed by atoms with Crippen LogP contribution >= 0.6 is 0 Å². The van der Waals surface area contributed by atoms with Crippen LogP contribution < -0.4 is 0 Å². The first-order valence-corrected chi connectivity index (χ1v) is 4.67. The third-order valence-electron chi connectivity index (χ3n) is 2.32. The number of imidazole rings is 1. The summed E-state index contributed by atoms with van der Waals surface area (Å²) in [5.41, 5.74) is 3.02. The standard InChI is InChI=1S/C11H9N3O/c1-8-4-9(10-5-12-7-15-10)11-13-2-3-14(11)6-8/h2-7H,1H3. The van der Waals surface area contributed by atoms with Gasteiger partial charge in [0.1, 0.15) is 5.65 Å². The Morgan fingerprint density at radius 2 is 2.33 bits per heavy atom. The zero-order valence-corrected chi connectivity index (χ0v) is 8.21.